The Kier molecular flexibility index (Phi) is 5.30. The number of hydrogen-bond acceptors (Lipinski definition) is 4. The average molecular weight is 445 g/mol. The highest BCUT2D eigenvalue weighted by Crippen LogP contribution is 2.35. The Bertz CT molecular complexity index is 1340. The molecule has 4 aromatic rings. The van der Waals surface area contributed by atoms with Gasteiger partial charge in [0, 0.05) is 56.1 Å². The SMILES string of the molecule is Cn1nccc1-c1cnn(C)c1-c1ccc2c(c1)CN([C@H](CN)Cc1cccc(F)c1)C2=O. The molecule has 0 radical (unpaired) electrons. The fourth-order valence-corrected chi connectivity index (χ4v) is 4.65. The van der Waals surface area contributed by atoms with Crippen molar-refractivity contribution in [1.29, 1.82) is 0 Å². The third-order valence-electron chi connectivity index (χ3n) is 6.32. The molecule has 2 aromatic carbocycles. The van der Waals surface area contributed by atoms with Crippen LogP contribution >= 0.6 is 0 Å². The zero-order valence-electron chi connectivity index (χ0n) is 18.6. The molecule has 0 unspecified atom stereocenters. The lowest BCUT2D eigenvalue weighted by Crippen LogP contribution is -2.42. The Labute approximate surface area is 191 Å². The van der Waals surface area contributed by atoms with Crippen LogP contribution in [0.2, 0.25) is 0 Å². The first-order valence-corrected chi connectivity index (χ1v) is 10.9. The molecule has 7 nitrogen and oxygen atoms in total. The lowest BCUT2D eigenvalue weighted by molar-refractivity contribution is 0.0708. The number of nitrogens with two attached hydrogens (primary N) is 1. The van der Waals surface area contributed by atoms with Crippen LogP contribution in [-0.4, -0.2) is 43.0 Å². The second-order valence-electron chi connectivity index (χ2n) is 8.40. The van der Waals surface area contributed by atoms with E-state index in [0.717, 1.165) is 33.6 Å². The van der Waals surface area contributed by atoms with Gasteiger partial charge in [0.15, 0.2) is 0 Å². The Balaban J connectivity index is 1.46. The van der Waals surface area contributed by atoms with Gasteiger partial charge in [-0.15, -0.1) is 0 Å². The van der Waals surface area contributed by atoms with Gasteiger partial charge < -0.3 is 10.6 Å². The van der Waals surface area contributed by atoms with Gasteiger partial charge in [-0.2, -0.15) is 10.2 Å². The minimum Gasteiger partial charge on any atom is -0.330 e. The molecule has 0 spiro atoms. The highest BCUT2D eigenvalue weighted by Gasteiger charge is 2.33. The first-order chi connectivity index (χ1) is 16.0. The largest absolute Gasteiger partial charge is 0.330 e. The molecule has 5 rings (SSSR count). The summed E-state index contributed by atoms with van der Waals surface area (Å²) >= 11 is 0. The number of aromatic nitrogens is 4. The average Bonchev–Trinajstić information content (AvgIpc) is 3.48. The number of benzene rings is 2. The van der Waals surface area contributed by atoms with Gasteiger partial charge in [-0.25, -0.2) is 4.39 Å². The van der Waals surface area contributed by atoms with E-state index >= 15 is 0 Å². The van der Waals surface area contributed by atoms with Crippen LogP contribution in [-0.2, 0) is 27.1 Å². The molecule has 33 heavy (non-hydrogen) atoms. The smallest absolute Gasteiger partial charge is 0.254 e. The van der Waals surface area contributed by atoms with E-state index in [4.69, 9.17) is 5.73 Å². The van der Waals surface area contributed by atoms with Crippen LogP contribution in [0.1, 0.15) is 21.5 Å². The lowest BCUT2D eigenvalue weighted by atomic mass is 10.0. The highest BCUT2D eigenvalue weighted by atomic mass is 19.1. The third kappa shape index (κ3) is 3.72. The van der Waals surface area contributed by atoms with Crippen LogP contribution in [0, 0.1) is 5.82 Å². The van der Waals surface area contributed by atoms with Gasteiger partial charge in [-0.1, -0.05) is 18.2 Å². The van der Waals surface area contributed by atoms with Gasteiger partial charge in [0.1, 0.15) is 5.82 Å². The highest BCUT2D eigenvalue weighted by molar-refractivity contribution is 5.99. The molecular weight excluding hydrogens is 419 g/mol. The van der Waals surface area contributed by atoms with E-state index in [1.54, 1.807) is 17.2 Å². The number of amides is 1. The van der Waals surface area contributed by atoms with Crippen molar-refractivity contribution in [2.24, 2.45) is 19.8 Å². The van der Waals surface area contributed by atoms with Crippen molar-refractivity contribution in [3.05, 3.63) is 83.4 Å². The van der Waals surface area contributed by atoms with E-state index in [2.05, 4.69) is 16.3 Å². The molecule has 1 amide bonds. The second-order valence-corrected chi connectivity index (χ2v) is 8.40. The van der Waals surface area contributed by atoms with Crippen molar-refractivity contribution in [3.63, 3.8) is 0 Å². The zero-order valence-corrected chi connectivity index (χ0v) is 18.6. The summed E-state index contributed by atoms with van der Waals surface area (Å²) in [4.78, 5) is 15.0. The maximum atomic E-state index is 13.6. The molecule has 2 N–H and O–H groups in total. The molecule has 0 bridgehead atoms. The van der Waals surface area contributed by atoms with Crippen molar-refractivity contribution < 1.29 is 9.18 Å². The fraction of sp³-hybridized carbons (Fsp3) is 0.240. The van der Waals surface area contributed by atoms with Gasteiger partial charge >= 0.3 is 0 Å². The topological polar surface area (TPSA) is 82.0 Å². The van der Waals surface area contributed by atoms with E-state index in [1.807, 2.05) is 53.9 Å². The van der Waals surface area contributed by atoms with Crippen LogP contribution in [0.5, 0.6) is 0 Å². The maximum Gasteiger partial charge on any atom is 0.254 e. The van der Waals surface area contributed by atoms with Gasteiger partial charge in [-0.3, -0.25) is 14.2 Å². The quantitative estimate of drug-likeness (QED) is 0.495. The fourth-order valence-electron chi connectivity index (χ4n) is 4.65. The molecule has 168 valence electrons. The van der Waals surface area contributed by atoms with Crippen molar-refractivity contribution in [2.75, 3.05) is 6.54 Å². The molecule has 0 saturated carbocycles. The van der Waals surface area contributed by atoms with Crippen LogP contribution in [0.3, 0.4) is 0 Å². The number of rotatable bonds is 6. The Morgan fingerprint density at radius 3 is 2.64 bits per heavy atom. The second kappa shape index (κ2) is 8.29. The van der Waals surface area contributed by atoms with Crippen LogP contribution in [0.15, 0.2) is 60.9 Å². The summed E-state index contributed by atoms with van der Waals surface area (Å²) in [5.41, 5.74) is 12.4. The number of carbonyl (C=O) groups is 1. The molecule has 2 aromatic heterocycles. The standard InChI is InChI=1S/C25H25FN6O/c1-30-23(8-9-28-30)22-14-29-31(2)24(22)17-6-7-21-18(12-17)15-32(25(21)33)20(13-27)11-16-4-3-5-19(26)10-16/h3-10,12,14,20H,11,13,15,27H2,1-2H3/t20-/m0/s1. The Morgan fingerprint density at radius 1 is 1.06 bits per heavy atom. The van der Waals surface area contributed by atoms with Crippen molar-refractivity contribution in [3.8, 4) is 22.5 Å². The number of carbonyl (C=O) groups excluding carboxylic acids is 1. The first-order valence-electron chi connectivity index (χ1n) is 10.9. The molecular formula is C25H25FN6O. The summed E-state index contributed by atoms with van der Waals surface area (Å²) in [6.07, 6.45) is 4.10. The van der Waals surface area contributed by atoms with Gasteiger partial charge in [0.25, 0.3) is 5.91 Å². The summed E-state index contributed by atoms with van der Waals surface area (Å²) < 4.78 is 17.3. The lowest BCUT2D eigenvalue weighted by Gasteiger charge is -2.26. The van der Waals surface area contributed by atoms with E-state index in [0.29, 0.717) is 25.1 Å². The summed E-state index contributed by atoms with van der Waals surface area (Å²) in [5, 5.41) is 8.74. The van der Waals surface area contributed by atoms with Crippen LogP contribution < -0.4 is 5.73 Å². The summed E-state index contributed by atoms with van der Waals surface area (Å²) in [5.74, 6) is -0.329. The van der Waals surface area contributed by atoms with Gasteiger partial charge in [-0.05, 0) is 47.9 Å². The minimum atomic E-state index is -0.288. The van der Waals surface area contributed by atoms with Crippen LogP contribution in [0.4, 0.5) is 4.39 Å². The van der Waals surface area contributed by atoms with E-state index in [-0.39, 0.29) is 17.8 Å². The molecule has 1 aliphatic heterocycles. The zero-order chi connectivity index (χ0) is 23.1. The molecule has 0 fully saturated rings. The number of nitrogens with zero attached hydrogens (tertiary/aromatic N) is 5. The number of halogens is 1. The van der Waals surface area contributed by atoms with Crippen molar-refractivity contribution >= 4 is 5.91 Å². The Morgan fingerprint density at radius 2 is 1.91 bits per heavy atom. The normalized spacial score (nSPS) is 14.1. The molecule has 0 saturated heterocycles. The maximum absolute atomic E-state index is 13.6. The predicted molar refractivity (Wildman–Crippen MR) is 124 cm³/mol. The van der Waals surface area contributed by atoms with E-state index < -0.39 is 0 Å². The Hall–Kier alpha value is -3.78. The molecule has 1 aliphatic rings. The molecule has 0 aliphatic carbocycles. The third-order valence-corrected chi connectivity index (χ3v) is 6.32. The number of hydrogen-bond donors (Lipinski definition) is 1. The van der Waals surface area contributed by atoms with E-state index in [9.17, 15) is 9.18 Å². The molecule has 3 heterocycles. The number of aryl methyl sites for hydroxylation is 2. The summed E-state index contributed by atoms with van der Waals surface area (Å²) in [6, 6.07) is 14.1. The minimum absolute atomic E-state index is 0.0414. The molecule has 8 heteroatoms. The molecule has 1 atom stereocenters. The summed E-state index contributed by atoms with van der Waals surface area (Å²) in [7, 11) is 3.81. The first kappa shape index (κ1) is 21.1. The van der Waals surface area contributed by atoms with E-state index in [1.165, 1.54) is 12.1 Å². The van der Waals surface area contributed by atoms with Crippen LogP contribution in [0.25, 0.3) is 22.5 Å². The number of fused-ring (bicyclic) bond motifs is 1. The predicted octanol–water partition coefficient (Wildman–Crippen LogP) is 3.15. The summed E-state index contributed by atoms with van der Waals surface area (Å²) in [6.45, 7) is 0.771. The monoisotopic (exact) mass is 444 g/mol. The van der Waals surface area contributed by atoms with Crippen molar-refractivity contribution in [2.45, 2.75) is 19.0 Å². The van der Waals surface area contributed by atoms with Gasteiger partial charge in [0.05, 0.1) is 17.6 Å². The van der Waals surface area contributed by atoms with Crippen molar-refractivity contribution in [1.82, 2.24) is 24.5 Å². The van der Waals surface area contributed by atoms with Gasteiger partial charge in [0.2, 0.25) is 0 Å².